The molecule has 3 N–H and O–H groups in total. The Morgan fingerprint density at radius 1 is 1.27 bits per heavy atom. The highest BCUT2D eigenvalue weighted by atomic mass is 35.5. The van der Waals surface area contributed by atoms with Crippen molar-refractivity contribution < 1.29 is 9.53 Å². The zero-order valence-electron chi connectivity index (χ0n) is 14.5. The topological polar surface area (TPSA) is 67.6 Å². The number of ether oxygens (including phenoxy) is 1. The van der Waals surface area contributed by atoms with Crippen molar-refractivity contribution in [2.45, 2.75) is 12.0 Å². The van der Waals surface area contributed by atoms with Gasteiger partial charge < -0.3 is 15.8 Å². The lowest BCUT2D eigenvalue weighted by Crippen LogP contribution is -2.33. The van der Waals surface area contributed by atoms with Crippen molar-refractivity contribution in [2.75, 3.05) is 32.1 Å². The number of anilines is 1. The first-order chi connectivity index (χ1) is 12.1. The number of hydrogen-bond donors (Lipinski definition) is 2. The Labute approximate surface area is 164 Å². The number of nitrogens with one attached hydrogen (secondary N) is 1. The molecule has 0 aliphatic carbocycles. The van der Waals surface area contributed by atoms with E-state index in [0.29, 0.717) is 29.5 Å². The third kappa shape index (κ3) is 4.89. The normalized spacial score (nSPS) is 19.7. The van der Waals surface area contributed by atoms with Crippen molar-refractivity contribution in [1.82, 2.24) is 4.90 Å². The Bertz CT molecular complexity index is 743. The predicted octanol–water partition coefficient (Wildman–Crippen LogP) is 3.14. The van der Waals surface area contributed by atoms with Gasteiger partial charge in [-0.25, -0.2) is 0 Å². The maximum Gasteiger partial charge on any atom is 0.238 e. The molecule has 1 saturated heterocycles. The minimum Gasteiger partial charge on any atom is -0.495 e. The average molecular weight is 396 g/mol. The molecular weight excluding hydrogens is 373 g/mol. The average Bonchev–Trinajstić information content (AvgIpc) is 2.96. The quantitative estimate of drug-likeness (QED) is 0.815. The molecule has 1 aliphatic heterocycles. The van der Waals surface area contributed by atoms with Gasteiger partial charge in [-0.1, -0.05) is 41.9 Å². The van der Waals surface area contributed by atoms with E-state index in [0.717, 1.165) is 6.54 Å². The largest absolute Gasteiger partial charge is 0.495 e. The second kappa shape index (κ2) is 9.24. The highest BCUT2D eigenvalue weighted by Gasteiger charge is 2.31. The van der Waals surface area contributed by atoms with Crippen LogP contribution in [0.15, 0.2) is 48.5 Å². The molecule has 2 aromatic rings. The summed E-state index contributed by atoms with van der Waals surface area (Å²) in [5.41, 5.74) is 8.15. The van der Waals surface area contributed by atoms with E-state index in [1.165, 1.54) is 5.56 Å². The highest BCUT2D eigenvalue weighted by Crippen LogP contribution is 2.28. The zero-order chi connectivity index (χ0) is 17.8. The first-order valence-corrected chi connectivity index (χ1v) is 8.61. The monoisotopic (exact) mass is 395 g/mol. The third-order valence-corrected chi connectivity index (χ3v) is 4.77. The Morgan fingerprint density at radius 3 is 2.65 bits per heavy atom. The smallest absolute Gasteiger partial charge is 0.238 e. The molecule has 1 heterocycles. The van der Waals surface area contributed by atoms with Crippen molar-refractivity contribution in [1.29, 1.82) is 0 Å². The molecule has 0 bridgehead atoms. The molecule has 0 saturated carbocycles. The summed E-state index contributed by atoms with van der Waals surface area (Å²) < 4.78 is 5.11. The van der Waals surface area contributed by atoms with Crippen molar-refractivity contribution >= 4 is 35.6 Å². The summed E-state index contributed by atoms with van der Waals surface area (Å²) in [4.78, 5) is 14.4. The molecule has 0 spiro atoms. The van der Waals surface area contributed by atoms with Gasteiger partial charge in [-0.2, -0.15) is 0 Å². The zero-order valence-corrected chi connectivity index (χ0v) is 16.1. The van der Waals surface area contributed by atoms with Crippen molar-refractivity contribution in [3.05, 3.63) is 59.1 Å². The van der Waals surface area contributed by atoms with Crippen LogP contribution in [-0.2, 0) is 4.79 Å². The van der Waals surface area contributed by atoms with Crippen LogP contribution < -0.4 is 15.8 Å². The van der Waals surface area contributed by atoms with Gasteiger partial charge in [0.05, 0.1) is 18.7 Å². The van der Waals surface area contributed by atoms with Crippen molar-refractivity contribution in [3.63, 3.8) is 0 Å². The number of hydrogen-bond acceptors (Lipinski definition) is 4. The molecule has 26 heavy (non-hydrogen) atoms. The molecule has 2 atom stereocenters. The van der Waals surface area contributed by atoms with E-state index in [1.807, 2.05) is 18.2 Å². The predicted molar refractivity (Wildman–Crippen MR) is 107 cm³/mol. The molecule has 3 rings (SSSR count). The Hall–Kier alpha value is -1.79. The van der Waals surface area contributed by atoms with Gasteiger partial charge in [0.25, 0.3) is 0 Å². The molecule has 0 radical (unpaired) electrons. The van der Waals surface area contributed by atoms with Crippen LogP contribution in [0, 0.1) is 0 Å². The molecule has 1 aliphatic rings. The Balaban J connectivity index is 0.00000243. The molecule has 140 valence electrons. The minimum absolute atomic E-state index is 0. The second-order valence-corrected chi connectivity index (χ2v) is 6.68. The van der Waals surface area contributed by atoms with E-state index < -0.39 is 0 Å². The van der Waals surface area contributed by atoms with Gasteiger partial charge in [-0.15, -0.1) is 12.4 Å². The van der Waals surface area contributed by atoms with Gasteiger partial charge >= 0.3 is 0 Å². The van der Waals surface area contributed by atoms with E-state index in [1.54, 1.807) is 25.3 Å². The number of carbonyl (C=O) groups excluding carboxylic acids is 1. The summed E-state index contributed by atoms with van der Waals surface area (Å²) in [6.07, 6.45) is 0. The number of nitrogens with zero attached hydrogens (tertiary/aromatic N) is 1. The van der Waals surface area contributed by atoms with Crippen LogP contribution in [0.2, 0.25) is 5.02 Å². The number of methoxy groups -OCH3 is 1. The van der Waals surface area contributed by atoms with Gasteiger partial charge in [-0.3, -0.25) is 9.69 Å². The number of rotatable bonds is 5. The van der Waals surface area contributed by atoms with Crippen LogP contribution >= 0.6 is 24.0 Å². The molecule has 2 aromatic carbocycles. The van der Waals surface area contributed by atoms with E-state index in [-0.39, 0.29) is 30.3 Å². The van der Waals surface area contributed by atoms with Crippen molar-refractivity contribution in [2.24, 2.45) is 5.73 Å². The maximum absolute atomic E-state index is 12.3. The molecule has 7 heteroatoms. The fourth-order valence-electron chi connectivity index (χ4n) is 3.24. The summed E-state index contributed by atoms with van der Waals surface area (Å²) in [5, 5.41) is 3.33. The van der Waals surface area contributed by atoms with E-state index in [4.69, 9.17) is 22.1 Å². The van der Waals surface area contributed by atoms with Gasteiger partial charge in [0.2, 0.25) is 5.91 Å². The summed E-state index contributed by atoms with van der Waals surface area (Å²) >= 11 is 6.09. The second-order valence-electron chi connectivity index (χ2n) is 6.27. The molecule has 1 amide bonds. The van der Waals surface area contributed by atoms with Crippen LogP contribution in [-0.4, -0.2) is 43.6 Å². The number of carbonyl (C=O) groups is 1. The van der Waals surface area contributed by atoms with Crippen molar-refractivity contribution in [3.8, 4) is 5.75 Å². The molecule has 0 aromatic heterocycles. The van der Waals surface area contributed by atoms with Crippen LogP contribution in [0.3, 0.4) is 0 Å². The number of nitrogens with two attached hydrogens (primary N) is 1. The number of likely N-dealkylation sites (tertiary alicyclic amines) is 1. The van der Waals surface area contributed by atoms with Gasteiger partial charge in [0, 0.05) is 30.7 Å². The maximum atomic E-state index is 12.3. The Kier molecular flexibility index (Phi) is 7.29. The van der Waals surface area contributed by atoms with Gasteiger partial charge in [0.15, 0.2) is 0 Å². The lowest BCUT2D eigenvalue weighted by atomic mass is 9.95. The fourth-order valence-corrected chi connectivity index (χ4v) is 3.50. The Morgan fingerprint density at radius 2 is 2.00 bits per heavy atom. The number of benzene rings is 2. The summed E-state index contributed by atoms with van der Waals surface area (Å²) in [7, 11) is 1.55. The molecule has 0 unspecified atom stereocenters. The first-order valence-electron chi connectivity index (χ1n) is 8.23. The van der Waals surface area contributed by atoms with Gasteiger partial charge in [-0.05, 0) is 23.8 Å². The first kappa shape index (κ1) is 20.5. The minimum atomic E-state index is -0.0813. The van der Waals surface area contributed by atoms with Crippen LogP contribution in [0.25, 0.3) is 0 Å². The van der Waals surface area contributed by atoms with E-state index >= 15 is 0 Å². The highest BCUT2D eigenvalue weighted by molar-refractivity contribution is 6.32. The molecular formula is C19H23Cl2N3O2. The standard InChI is InChI=1S/C19H22ClN3O2.ClH/c1-25-18-8-7-14(9-16(18)20)22-19(24)12-23-10-15(17(21)11-23)13-5-3-2-4-6-13;/h2-9,15,17H,10-12,21H2,1H3,(H,22,24);1H/t15-,17+;/m0./s1. The molecule has 1 fully saturated rings. The third-order valence-electron chi connectivity index (χ3n) is 4.47. The molecule has 5 nitrogen and oxygen atoms in total. The fraction of sp³-hybridized carbons (Fsp3) is 0.316. The van der Waals surface area contributed by atoms with Crippen LogP contribution in [0.5, 0.6) is 5.75 Å². The SMILES string of the molecule is COc1ccc(NC(=O)CN2C[C@@H](N)[C@H](c3ccccc3)C2)cc1Cl.Cl. The van der Waals surface area contributed by atoms with Crippen LogP contribution in [0.1, 0.15) is 11.5 Å². The lowest BCUT2D eigenvalue weighted by Gasteiger charge is -2.16. The van der Waals surface area contributed by atoms with Crippen LogP contribution in [0.4, 0.5) is 5.69 Å². The number of halogens is 2. The number of amides is 1. The summed E-state index contributed by atoms with van der Waals surface area (Å²) in [6, 6.07) is 15.4. The van der Waals surface area contributed by atoms with Gasteiger partial charge in [0.1, 0.15) is 5.75 Å². The summed E-state index contributed by atoms with van der Waals surface area (Å²) in [5.74, 6) is 0.752. The van der Waals surface area contributed by atoms with E-state index in [2.05, 4.69) is 22.3 Å². The lowest BCUT2D eigenvalue weighted by molar-refractivity contribution is -0.117. The van der Waals surface area contributed by atoms with E-state index in [9.17, 15) is 4.79 Å². The summed E-state index contributed by atoms with van der Waals surface area (Å²) in [6.45, 7) is 1.79.